The minimum Gasteiger partial charge on any atom is -0.350 e. The van der Waals surface area contributed by atoms with Gasteiger partial charge in [-0.1, -0.05) is 35.9 Å². The van der Waals surface area contributed by atoms with E-state index in [0.717, 1.165) is 41.8 Å². The van der Waals surface area contributed by atoms with Gasteiger partial charge in [-0.15, -0.1) is 0 Å². The van der Waals surface area contributed by atoms with Crippen molar-refractivity contribution < 1.29 is 17.6 Å². The molecule has 1 heterocycles. The van der Waals surface area contributed by atoms with E-state index in [0.29, 0.717) is 0 Å². The highest BCUT2D eigenvalue weighted by Crippen LogP contribution is 2.24. The monoisotopic (exact) mass is 453 g/mol. The van der Waals surface area contributed by atoms with Gasteiger partial charge in [0.2, 0.25) is 15.9 Å². The molecular weight excluding hydrogens is 429 g/mol. The lowest BCUT2D eigenvalue weighted by atomic mass is 10.1. The number of carbonyl (C=O) groups excluding carboxylic acids is 1. The number of nitrogens with one attached hydrogen (secondary N) is 1. The normalized spacial score (nSPS) is 14.6. The van der Waals surface area contributed by atoms with Gasteiger partial charge in [-0.2, -0.15) is 0 Å². The van der Waals surface area contributed by atoms with Crippen molar-refractivity contribution in [2.24, 2.45) is 0 Å². The Hall–Kier alpha value is -2.16. The molecule has 0 bridgehead atoms. The first-order chi connectivity index (χ1) is 14.2. The molecule has 0 saturated carbocycles. The number of likely N-dealkylation sites (tertiary alicyclic amines) is 1. The maximum absolute atomic E-state index is 13.4. The Morgan fingerprint density at radius 3 is 2.53 bits per heavy atom. The van der Waals surface area contributed by atoms with Gasteiger partial charge < -0.3 is 5.32 Å². The van der Waals surface area contributed by atoms with Crippen molar-refractivity contribution in [3.8, 4) is 0 Å². The first-order valence-corrected chi connectivity index (χ1v) is 11.9. The number of benzene rings is 2. The number of rotatable bonds is 8. The van der Waals surface area contributed by atoms with Crippen LogP contribution in [0.1, 0.15) is 24.0 Å². The molecule has 1 amide bonds. The van der Waals surface area contributed by atoms with E-state index >= 15 is 0 Å². The highest BCUT2D eigenvalue weighted by atomic mass is 35.5. The average molecular weight is 454 g/mol. The molecule has 2 aromatic carbocycles. The van der Waals surface area contributed by atoms with E-state index < -0.39 is 28.3 Å². The summed E-state index contributed by atoms with van der Waals surface area (Å²) < 4.78 is 38.6. The molecule has 0 aliphatic carbocycles. The highest BCUT2D eigenvalue weighted by Gasteiger charge is 2.21. The third-order valence-corrected chi connectivity index (χ3v) is 6.39. The summed E-state index contributed by atoms with van der Waals surface area (Å²) in [6.07, 6.45) is 3.44. The fourth-order valence-corrected chi connectivity index (χ4v) is 4.49. The maximum Gasteiger partial charge on any atom is 0.241 e. The van der Waals surface area contributed by atoms with Crippen LogP contribution < -0.4 is 9.62 Å². The van der Waals surface area contributed by atoms with Crippen LogP contribution in [-0.2, 0) is 27.9 Å². The fraction of sp³-hybridized carbons (Fsp3) is 0.381. The second-order valence-corrected chi connectivity index (χ2v) is 9.76. The van der Waals surface area contributed by atoms with E-state index in [1.54, 1.807) is 0 Å². The molecule has 6 nitrogen and oxygen atoms in total. The Kier molecular flexibility index (Phi) is 7.33. The second kappa shape index (κ2) is 9.76. The first kappa shape index (κ1) is 22.5. The third-order valence-electron chi connectivity index (χ3n) is 4.96. The number of halogens is 2. The predicted molar refractivity (Wildman–Crippen MR) is 116 cm³/mol. The molecule has 0 radical (unpaired) electrons. The molecule has 0 spiro atoms. The van der Waals surface area contributed by atoms with E-state index in [1.165, 1.54) is 30.5 Å². The highest BCUT2D eigenvalue weighted by molar-refractivity contribution is 7.92. The van der Waals surface area contributed by atoms with Crippen molar-refractivity contribution in [3.05, 3.63) is 64.4 Å². The smallest absolute Gasteiger partial charge is 0.241 e. The molecule has 30 heavy (non-hydrogen) atoms. The van der Waals surface area contributed by atoms with E-state index in [2.05, 4.69) is 16.3 Å². The Labute approximate surface area is 181 Å². The molecule has 3 rings (SSSR count). The molecule has 0 aromatic heterocycles. The third kappa shape index (κ3) is 6.17. The number of carbonyl (C=O) groups is 1. The summed E-state index contributed by atoms with van der Waals surface area (Å²) in [5, 5.41) is 2.54. The van der Waals surface area contributed by atoms with Crippen molar-refractivity contribution in [1.82, 2.24) is 10.2 Å². The van der Waals surface area contributed by atoms with Gasteiger partial charge in [0.05, 0.1) is 17.0 Å². The van der Waals surface area contributed by atoms with Gasteiger partial charge in [0.25, 0.3) is 0 Å². The van der Waals surface area contributed by atoms with Gasteiger partial charge in [0.15, 0.2) is 0 Å². The zero-order valence-corrected chi connectivity index (χ0v) is 18.3. The standard InChI is InChI=1S/C21H25ClFN3O3S/c1-30(28,29)26(18-7-8-20(23)19(22)12-18)15-21(27)24-13-16-5-4-6-17(11-16)14-25-9-2-3-10-25/h4-8,11-12H,2-3,9-10,13-15H2,1H3,(H,24,27). The number of sulfonamides is 1. The van der Waals surface area contributed by atoms with Gasteiger partial charge in [0.1, 0.15) is 12.4 Å². The molecule has 162 valence electrons. The zero-order chi connectivity index (χ0) is 21.7. The Balaban J connectivity index is 1.62. The summed E-state index contributed by atoms with van der Waals surface area (Å²) in [5.74, 6) is -1.13. The second-order valence-electron chi connectivity index (χ2n) is 7.45. The molecule has 1 saturated heterocycles. The largest absolute Gasteiger partial charge is 0.350 e. The minimum absolute atomic E-state index is 0.131. The summed E-state index contributed by atoms with van der Waals surface area (Å²) >= 11 is 5.76. The van der Waals surface area contributed by atoms with Crippen molar-refractivity contribution in [1.29, 1.82) is 0 Å². The quantitative estimate of drug-likeness (QED) is 0.666. The van der Waals surface area contributed by atoms with Crippen molar-refractivity contribution in [3.63, 3.8) is 0 Å². The summed E-state index contributed by atoms with van der Waals surface area (Å²) in [7, 11) is -3.76. The summed E-state index contributed by atoms with van der Waals surface area (Å²) in [6.45, 7) is 2.96. The van der Waals surface area contributed by atoms with Crippen LogP contribution in [-0.4, -0.2) is 45.1 Å². The van der Waals surface area contributed by atoms with E-state index in [-0.39, 0.29) is 17.3 Å². The van der Waals surface area contributed by atoms with Crippen LogP contribution >= 0.6 is 11.6 Å². The molecule has 1 N–H and O–H groups in total. The topological polar surface area (TPSA) is 69.7 Å². The van der Waals surface area contributed by atoms with E-state index in [1.807, 2.05) is 18.2 Å². The van der Waals surface area contributed by atoms with Crippen LogP contribution in [0.4, 0.5) is 10.1 Å². The van der Waals surface area contributed by atoms with Gasteiger partial charge in [-0.25, -0.2) is 12.8 Å². The van der Waals surface area contributed by atoms with Crippen molar-refractivity contribution in [2.75, 3.05) is 30.2 Å². The van der Waals surface area contributed by atoms with Gasteiger partial charge in [-0.3, -0.25) is 14.0 Å². The lowest BCUT2D eigenvalue weighted by Crippen LogP contribution is -2.40. The number of amides is 1. The van der Waals surface area contributed by atoms with E-state index in [4.69, 9.17) is 11.6 Å². The predicted octanol–water partition coefficient (Wildman–Crippen LogP) is 3.16. The number of hydrogen-bond donors (Lipinski definition) is 1. The summed E-state index contributed by atoms with van der Waals surface area (Å²) in [6, 6.07) is 11.5. The number of hydrogen-bond acceptors (Lipinski definition) is 4. The lowest BCUT2D eigenvalue weighted by molar-refractivity contribution is -0.119. The number of nitrogens with zero attached hydrogens (tertiary/aromatic N) is 2. The lowest BCUT2D eigenvalue weighted by Gasteiger charge is -2.22. The molecule has 1 aliphatic heterocycles. The van der Waals surface area contributed by atoms with Crippen LogP contribution in [0.5, 0.6) is 0 Å². The van der Waals surface area contributed by atoms with Crippen LogP contribution in [0.15, 0.2) is 42.5 Å². The Morgan fingerprint density at radius 2 is 1.87 bits per heavy atom. The summed E-state index contributed by atoms with van der Waals surface area (Å²) in [4.78, 5) is 14.8. The Bertz CT molecular complexity index is 1010. The van der Waals surface area contributed by atoms with Gasteiger partial charge >= 0.3 is 0 Å². The molecule has 1 fully saturated rings. The van der Waals surface area contributed by atoms with Crippen molar-refractivity contribution >= 4 is 33.2 Å². The summed E-state index contributed by atoms with van der Waals surface area (Å²) in [5.41, 5.74) is 2.25. The number of anilines is 1. The maximum atomic E-state index is 13.4. The zero-order valence-electron chi connectivity index (χ0n) is 16.8. The Morgan fingerprint density at radius 1 is 1.17 bits per heavy atom. The fourth-order valence-electron chi connectivity index (χ4n) is 3.46. The SMILES string of the molecule is CS(=O)(=O)N(CC(=O)NCc1cccc(CN2CCCC2)c1)c1ccc(F)c(Cl)c1. The van der Waals surface area contributed by atoms with E-state index in [9.17, 15) is 17.6 Å². The minimum atomic E-state index is -3.76. The average Bonchev–Trinajstić information content (AvgIpc) is 3.19. The molecule has 0 unspecified atom stereocenters. The van der Waals surface area contributed by atoms with Crippen LogP contribution in [0.2, 0.25) is 5.02 Å². The molecular formula is C21H25ClFN3O3S. The van der Waals surface area contributed by atoms with Crippen LogP contribution in [0.25, 0.3) is 0 Å². The van der Waals surface area contributed by atoms with Crippen LogP contribution in [0, 0.1) is 5.82 Å². The molecule has 1 aliphatic rings. The molecule has 9 heteroatoms. The van der Waals surface area contributed by atoms with Gasteiger partial charge in [-0.05, 0) is 55.3 Å². The van der Waals surface area contributed by atoms with Crippen LogP contribution in [0.3, 0.4) is 0 Å². The van der Waals surface area contributed by atoms with Crippen molar-refractivity contribution in [2.45, 2.75) is 25.9 Å². The van der Waals surface area contributed by atoms with Gasteiger partial charge in [0, 0.05) is 13.1 Å². The molecule has 0 atom stereocenters. The molecule has 2 aromatic rings. The first-order valence-electron chi connectivity index (χ1n) is 9.72.